The molecule has 0 amide bonds. The molecule has 0 unspecified atom stereocenters. The van der Waals surface area contributed by atoms with E-state index in [9.17, 15) is 4.79 Å². The van der Waals surface area contributed by atoms with Gasteiger partial charge in [-0.05, 0) is 34.2 Å². The average Bonchev–Trinajstić information content (AvgIpc) is 2.16. The van der Waals surface area contributed by atoms with E-state index in [4.69, 9.17) is 0 Å². The van der Waals surface area contributed by atoms with Crippen LogP contribution in [0.1, 0.15) is 41.0 Å². The number of hydrogen-bond donors (Lipinski definition) is 0. The number of nitrogens with zero attached hydrogens (tertiary/aromatic N) is 2. The van der Waals surface area contributed by atoms with Crippen molar-refractivity contribution in [2.45, 2.75) is 46.6 Å². The largest absolute Gasteiger partial charge is 0.304 e. The van der Waals surface area contributed by atoms with Crippen LogP contribution in [-0.4, -0.2) is 54.3 Å². The van der Waals surface area contributed by atoms with Crippen LogP contribution in [0, 0.1) is 5.41 Å². The summed E-state index contributed by atoms with van der Waals surface area (Å²) in [6.07, 6.45) is 0.930. The molecule has 0 aliphatic carbocycles. The van der Waals surface area contributed by atoms with Crippen LogP contribution in [0.4, 0.5) is 0 Å². The van der Waals surface area contributed by atoms with Crippen LogP contribution in [0.5, 0.6) is 0 Å². The number of ketones is 1. The van der Waals surface area contributed by atoms with Crippen molar-refractivity contribution in [3.63, 3.8) is 0 Å². The fourth-order valence-electron chi connectivity index (χ4n) is 2.73. The van der Waals surface area contributed by atoms with Crippen LogP contribution in [0.15, 0.2) is 0 Å². The summed E-state index contributed by atoms with van der Waals surface area (Å²) in [5.41, 5.74) is -0.108. The summed E-state index contributed by atoms with van der Waals surface area (Å²) in [5.74, 6) is 0.291. The lowest BCUT2D eigenvalue weighted by atomic mass is 9.76. The quantitative estimate of drug-likeness (QED) is 0.751. The van der Waals surface area contributed by atoms with Crippen LogP contribution in [0.3, 0.4) is 0 Å². The summed E-state index contributed by atoms with van der Waals surface area (Å²) in [4.78, 5) is 16.5. The SMILES string of the molecule is CC(=O)C(C)(C)CC(C)(C)N1CCN(C)CC1. The third-order valence-corrected chi connectivity index (χ3v) is 4.19. The summed E-state index contributed by atoms with van der Waals surface area (Å²) in [5, 5.41) is 0. The maximum atomic E-state index is 11.7. The van der Waals surface area contributed by atoms with Gasteiger partial charge in [-0.2, -0.15) is 0 Å². The third kappa shape index (κ3) is 3.78. The van der Waals surface area contributed by atoms with E-state index >= 15 is 0 Å². The highest BCUT2D eigenvalue weighted by Gasteiger charge is 2.36. The maximum absolute atomic E-state index is 11.7. The first kappa shape index (κ1) is 14.7. The summed E-state index contributed by atoms with van der Waals surface area (Å²) in [6, 6.07) is 0. The second-order valence-corrected chi connectivity index (χ2v) is 6.72. The van der Waals surface area contributed by atoms with Crippen molar-refractivity contribution in [1.29, 1.82) is 0 Å². The summed E-state index contributed by atoms with van der Waals surface area (Å²) < 4.78 is 0. The van der Waals surface area contributed by atoms with Crippen molar-refractivity contribution in [3.8, 4) is 0 Å². The highest BCUT2D eigenvalue weighted by molar-refractivity contribution is 5.81. The Kier molecular flexibility index (Phi) is 4.37. The van der Waals surface area contributed by atoms with Crippen molar-refractivity contribution in [3.05, 3.63) is 0 Å². The van der Waals surface area contributed by atoms with Crippen LogP contribution in [0.25, 0.3) is 0 Å². The molecule has 0 saturated carbocycles. The first-order valence-corrected chi connectivity index (χ1v) is 6.60. The Labute approximate surface area is 106 Å². The minimum Gasteiger partial charge on any atom is -0.304 e. The summed E-state index contributed by atoms with van der Waals surface area (Å²) in [7, 11) is 2.17. The smallest absolute Gasteiger partial charge is 0.135 e. The van der Waals surface area contributed by atoms with Gasteiger partial charge in [0, 0.05) is 37.1 Å². The molecule has 100 valence electrons. The molecule has 1 fully saturated rings. The molecule has 1 saturated heterocycles. The molecular formula is C14H28N2O. The Balaban J connectivity index is 2.65. The molecule has 1 aliphatic rings. The minimum absolute atomic E-state index is 0.108. The van der Waals surface area contributed by atoms with Gasteiger partial charge in [0.25, 0.3) is 0 Å². The molecule has 1 aliphatic heterocycles. The van der Waals surface area contributed by atoms with Crippen LogP contribution in [0.2, 0.25) is 0 Å². The maximum Gasteiger partial charge on any atom is 0.135 e. The predicted octanol–water partition coefficient (Wildman–Crippen LogP) is 2.02. The van der Waals surface area contributed by atoms with Gasteiger partial charge in [-0.15, -0.1) is 0 Å². The van der Waals surface area contributed by atoms with Gasteiger partial charge in [-0.25, -0.2) is 0 Å². The lowest BCUT2D eigenvalue weighted by Crippen LogP contribution is -2.55. The third-order valence-electron chi connectivity index (χ3n) is 4.19. The monoisotopic (exact) mass is 240 g/mol. The van der Waals surface area contributed by atoms with Crippen molar-refractivity contribution < 1.29 is 4.79 Å². The fraction of sp³-hybridized carbons (Fsp3) is 0.929. The van der Waals surface area contributed by atoms with Crippen molar-refractivity contribution in [1.82, 2.24) is 9.80 Å². The van der Waals surface area contributed by atoms with Gasteiger partial charge >= 0.3 is 0 Å². The molecule has 1 heterocycles. The Morgan fingerprint density at radius 3 is 1.94 bits per heavy atom. The predicted molar refractivity (Wildman–Crippen MR) is 72.2 cm³/mol. The van der Waals surface area contributed by atoms with Crippen molar-refractivity contribution in [2.75, 3.05) is 33.2 Å². The van der Waals surface area contributed by atoms with Gasteiger partial charge in [0.1, 0.15) is 5.78 Å². The first-order valence-electron chi connectivity index (χ1n) is 6.60. The number of hydrogen-bond acceptors (Lipinski definition) is 3. The summed E-state index contributed by atoms with van der Waals surface area (Å²) >= 11 is 0. The Morgan fingerprint density at radius 1 is 1.06 bits per heavy atom. The molecule has 1 rings (SSSR count). The van der Waals surface area contributed by atoms with Gasteiger partial charge in [-0.1, -0.05) is 13.8 Å². The standard InChI is InChI=1S/C14H28N2O/c1-12(17)13(2,3)11-14(4,5)16-9-7-15(6)8-10-16/h7-11H2,1-6H3. The van der Waals surface area contributed by atoms with E-state index in [1.165, 1.54) is 0 Å². The van der Waals surface area contributed by atoms with E-state index in [0.717, 1.165) is 32.6 Å². The molecule has 0 radical (unpaired) electrons. The normalized spacial score (nSPS) is 20.6. The molecule has 0 bridgehead atoms. The molecule has 0 N–H and O–H groups in total. The Morgan fingerprint density at radius 2 is 1.53 bits per heavy atom. The van der Waals surface area contributed by atoms with Crippen molar-refractivity contribution >= 4 is 5.78 Å². The highest BCUT2D eigenvalue weighted by Crippen LogP contribution is 2.32. The van der Waals surface area contributed by atoms with E-state index in [2.05, 4.69) is 44.5 Å². The number of piperazine rings is 1. The zero-order chi connectivity index (χ0) is 13.3. The first-order chi connectivity index (χ1) is 7.65. The lowest BCUT2D eigenvalue weighted by Gasteiger charge is -2.46. The number of likely N-dealkylation sites (N-methyl/N-ethyl adjacent to an activating group) is 1. The van der Waals surface area contributed by atoms with Gasteiger partial charge in [0.2, 0.25) is 0 Å². The van der Waals surface area contributed by atoms with E-state index < -0.39 is 0 Å². The van der Waals surface area contributed by atoms with Gasteiger partial charge < -0.3 is 4.90 Å². The molecule has 0 spiro atoms. The van der Waals surface area contributed by atoms with Gasteiger partial charge in [-0.3, -0.25) is 9.69 Å². The van der Waals surface area contributed by atoms with Crippen LogP contribution < -0.4 is 0 Å². The molecule has 0 atom stereocenters. The number of carbonyl (C=O) groups is 1. The Bertz CT molecular complexity index is 276. The van der Waals surface area contributed by atoms with Crippen molar-refractivity contribution in [2.24, 2.45) is 5.41 Å². The van der Waals surface area contributed by atoms with Crippen LogP contribution >= 0.6 is 0 Å². The molecule has 3 nitrogen and oxygen atoms in total. The topological polar surface area (TPSA) is 23.6 Å². The Hall–Kier alpha value is -0.410. The van der Waals surface area contributed by atoms with E-state index in [-0.39, 0.29) is 11.0 Å². The second kappa shape index (κ2) is 5.07. The van der Waals surface area contributed by atoms with Gasteiger partial charge in [0.15, 0.2) is 0 Å². The molecule has 0 aromatic heterocycles. The van der Waals surface area contributed by atoms with E-state index in [1.54, 1.807) is 6.92 Å². The lowest BCUT2D eigenvalue weighted by molar-refractivity contribution is -0.127. The molecule has 3 heteroatoms. The molecule has 17 heavy (non-hydrogen) atoms. The average molecular weight is 240 g/mol. The second-order valence-electron chi connectivity index (χ2n) is 6.72. The molecule has 0 aromatic carbocycles. The van der Waals surface area contributed by atoms with Crippen LogP contribution in [-0.2, 0) is 4.79 Å². The minimum atomic E-state index is -0.215. The fourth-order valence-corrected chi connectivity index (χ4v) is 2.73. The number of carbonyl (C=O) groups excluding carboxylic acids is 1. The summed E-state index contributed by atoms with van der Waals surface area (Å²) in [6.45, 7) is 14.8. The zero-order valence-electron chi connectivity index (χ0n) is 12.3. The molecule has 0 aromatic rings. The highest BCUT2D eigenvalue weighted by atomic mass is 16.1. The zero-order valence-corrected chi connectivity index (χ0v) is 12.3. The van der Waals surface area contributed by atoms with Gasteiger partial charge in [0.05, 0.1) is 0 Å². The molecular weight excluding hydrogens is 212 g/mol. The number of Topliss-reactive ketones (excluding diaryl/α,β-unsaturated/α-hetero) is 1. The van der Waals surface area contributed by atoms with E-state index in [0.29, 0.717) is 5.78 Å². The number of rotatable bonds is 4. The van der Waals surface area contributed by atoms with E-state index in [1.807, 2.05) is 0 Å².